The van der Waals surface area contributed by atoms with Crippen LogP contribution in [0.2, 0.25) is 0 Å². The number of carboxylic acids is 1. The summed E-state index contributed by atoms with van der Waals surface area (Å²) in [5.74, 6) is -3.40. The van der Waals surface area contributed by atoms with Crippen molar-refractivity contribution in [2.24, 2.45) is 0 Å². The van der Waals surface area contributed by atoms with Crippen molar-refractivity contribution < 1.29 is 44.3 Å². The highest BCUT2D eigenvalue weighted by molar-refractivity contribution is 14.1. The summed E-state index contributed by atoms with van der Waals surface area (Å²) in [5, 5.41) is 42.1. The van der Waals surface area contributed by atoms with Crippen LogP contribution in [0.3, 0.4) is 0 Å². The van der Waals surface area contributed by atoms with Crippen LogP contribution in [0.5, 0.6) is 0 Å². The molecule has 6 N–H and O–H groups in total. The monoisotopic (exact) mass is 805 g/mol. The van der Waals surface area contributed by atoms with Crippen LogP contribution in [0, 0.1) is 10.7 Å². The van der Waals surface area contributed by atoms with Crippen LogP contribution in [0.25, 0.3) is 0 Å². The number of ether oxygens (including phenoxy) is 1. The number of likely N-dealkylation sites (N-methyl/N-ethyl adjacent to an activating group) is 1. The van der Waals surface area contributed by atoms with E-state index in [1.54, 1.807) is 22.6 Å². The van der Waals surface area contributed by atoms with Crippen molar-refractivity contribution in [1.29, 1.82) is 0 Å². The molecule has 0 radical (unpaired) electrons. The zero-order chi connectivity index (χ0) is 25.5. The summed E-state index contributed by atoms with van der Waals surface area (Å²) in [6.45, 7) is -1.62. The molecule has 0 fully saturated rings. The Bertz CT molecular complexity index is 929. The molecule has 33 heavy (non-hydrogen) atoms. The molecule has 0 spiro atoms. The van der Waals surface area contributed by atoms with Crippen molar-refractivity contribution in [2.45, 2.75) is 12.2 Å². The van der Waals surface area contributed by atoms with Gasteiger partial charge in [0.15, 0.2) is 6.10 Å². The van der Waals surface area contributed by atoms with E-state index in [2.05, 4.69) is 10.6 Å². The van der Waals surface area contributed by atoms with Gasteiger partial charge in [0.1, 0.15) is 6.61 Å². The van der Waals surface area contributed by atoms with Gasteiger partial charge in [-0.3, -0.25) is 14.4 Å². The number of hydrogen-bond acceptors (Lipinski definition) is 8. The average molecular weight is 805 g/mol. The Morgan fingerprint density at radius 1 is 1.06 bits per heavy atom. The van der Waals surface area contributed by atoms with E-state index in [0.717, 1.165) is 4.90 Å². The SMILES string of the molecule is COCC(=O)Nc1c(I)c(C(=O)NCC(O)CO)c(I)c(C(=O)N(C)CC(O)C(=O)O)c1I. The molecule has 2 unspecified atom stereocenters. The molecule has 0 heterocycles. The molecular weight excluding hydrogens is 783 g/mol. The fraction of sp³-hybridized carbons (Fsp3) is 0.444. The van der Waals surface area contributed by atoms with E-state index in [-0.39, 0.29) is 33.5 Å². The number of hydrogen-bond donors (Lipinski definition) is 6. The van der Waals surface area contributed by atoms with Crippen molar-refractivity contribution in [3.8, 4) is 0 Å². The van der Waals surface area contributed by atoms with Crippen molar-refractivity contribution in [2.75, 3.05) is 45.8 Å². The molecule has 0 bridgehead atoms. The van der Waals surface area contributed by atoms with Gasteiger partial charge in [0.2, 0.25) is 5.91 Å². The number of benzene rings is 1. The van der Waals surface area contributed by atoms with Gasteiger partial charge in [0, 0.05) is 24.3 Å². The van der Waals surface area contributed by atoms with Crippen molar-refractivity contribution in [1.82, 2.24) is 10.2 Å². The lowest BCUT2D eigenvalue weighted by atomic mass is 10.1. The van der Waals surface area contributed by atoms with E-state index in [4.69, 9.17) is 14.9 Å². The number of carboxylic acid groups (broad SMARTS) is 1. The largest absolute Gasteiger partial charge is 0.479 e. The molecule has 3 amide bonds. The van der Waals surface area contributed by atoms with Crippen LogP contribution in [0.15, 0.2) is 0 Å². The summed E-state index contributed by atoms with van der Waals surface area (Å²) in [4.78, 5) is 50.2. The average Bonchev–Trinajstić information content (AvgIpc) is 2.74. The van der Waals surface area contributed by atoms with Crippen molar-refractivity contribution >= 4 is 97.2 Å². The Morgan fingerprint density at radius 2 is 1.64 bits per heavy atom. The summed E-state index contributed by atoms with van der Waals surface area (Å²) >= 11 is 5.46. The maximum absolute atomic E-state index is 13.2. The minimum Gasteiger partial charge on any atom is -0.479 e. The first-order valence-corrected chi connectivity index (χ1v) is 12.3. The van der Waals surface area contributed by atoms with Gasteiger partial charge in [-0.2, -0.15) is 0 Å². The lowest BCUT2D eigenvalue weighted by Gasteiger charge is -2.24. The van der Waals surface area contributed by atoms with Crippen molar-refractivity contribution in [3.63, 3.8) is 0 Å². The number of halogens is 3. The molecule has 0 saturated heterocycles. The number of aliphatic hydroxyl groups excluding tert-OH is 3. The summed E-state index contributed by atoms with van der Waals surface area (Å²) in [6.07, 6.45) is -3.01. The van der Waals surface area contributed by atoms with E-state index < -0.39 is 49.1 Å². The second-order valence-corrected chi connectivity index (χ2v) is 9.87. The maximum atomic E-state index is 13.2. The maximum Gasteiger partial charge on any atom is 0.334 e. The van der Waals surface area contributed by atoms with Crippen LogP contribution in [0.4, 0.5) is 5.69 Å². The van der Waals surface area contributed by atoms with Gasteiger partial charge in [0.05, 0.1) is 43.2 Å². The summed E-state index contributed by atoms with van der Waals surface area (Å²) in [5.41, 5.74) is 0.212. The third-order valence-electron chi connectivity index (χ3n) is 4.09. The molecule has 1 rings (SSSR count). The molecule has 2 atom stereocenters. The van der Waals surface area contributed by atoms with Gasteiger partial charge in [-0.15, -0.1) is 0 Å². The number of methoxy groups -OCH3 is 1. The van der Waals surface area contributed by atoms with Gasteiger partial charge < -0.3 is 40.7 Å². The minimum absolute atomic E-state index is 0.0114. The highest BCUT2D eigenvalue weighted by Crippen LogP contribution is 2.36. The zero-order valence-corrected chi connectivity index (χ0v) is 23.9. The van der Waals surface area contributed by atoms with E-state index >= 15 is 0 Å². The standard InChI is InChI=1S/C18H22I3N3O9/c1-24(4-8(27)18(31)32)17(30)11-12(19)10(16(29)22-3-7(26)5-25)13(20)15(14(11)21)23-9(28)6-33-2/h7-8,25-27H,3-6H2,1-2H3,(H,22,29)(H,23,28)(H,31,32). The summed E-state index contributed by atoms with van der Waals surface area (Å²) in [6, 6.07) is 0. The number of aliphatic hydroxyl groups is 3. The lowest BCUT2D eigenvalue weighted by molar-refractivity contribution is -0.147. The van der Waals surface area contributed by atoms with Crippen LogP contribution in [-0.2, 0) is 14.3 Å². The first-order valence-electron chi connectivity index (χ1n) is 9.09. The minimum atomic E-state index is -1.82. The number of carbonyl (C=O) groups excluding carboxylic acids is 3. The van der Waals surface area contributed by atoms with Crippen LogP contribution < -0.4 is 10.6 Å². The van der Waals surface area contributed by atoms with Gasteiger partial charge >= 0.3 is 5.97 Å². The Kier molecular flexibility index (Phi) is 12.7. The first kappa shape index (κ1) is 30.2. The van der Waals surface area contributed by atoms with E-state index in [1.165, 1.54) is 14.2 Å². The topological polar surface area (TPSA) is 186 Å². The summed E-state index contributed by atoms with van der Waals surface area (Å²) in [7, 11) is 2.62. The Balaban J connectivity index is 3.59. The van der Waals surface area contributed by atoms with E-state index in [0.29, 0.717) is 7.14 Å². The van der Waals surface area contributed by atoms with Crippen LogP contribution in [0.1, 0.15) is 20.7 Å². The number of aliphatic carboxylic acids is 1. The van der Waals surface area contributed by atoms with Crippen LogP contribution >= 0.6 is 67.8 Å². The molecule has 0 aliphatic rings. The Hall–Kier alpha value is -0.870. The van der Waals surface area contributed by atoms with Gasteiger partial charge in [-0.05, 0) is 67.8 Å². The predicted octanol–water partition coefficient (Wildman–Crippen LogP) is -0.314. The second-order valence-electron chi connectivity index (χ2n) is 6.63. The van der Waals surface area contributed by atoms with Crippen LogP contribution in [-0.4, -0.2) is 102 Å². The molecule has 1 aromatic rings. The molecular formula is C18H22I3N3O9. The number of amides is 3. The Morgan fingerprint density at radius 3 is 2.15 bits per heavy atom. The quantitative estimate of drug-likeness (QED) is 0.163. The normalized spacial score (nSPS) is 12.6. The molecule has 12 nitrogen and oxygen atoms in total. The number of rotatable bonds is 11. The molecule has 0 saturated carbocycles. The third-order valence-corrected chi connectivity index (χ3v) is 7.32. The number of anilines is 1. The molecule has 184 valence electrons. The molecule has 0 aliphatic heterocycles. The third kappa shape index (κ3) is 8.09. The van der Waals surface area contributed by atoms with Gasteiger partial charge in [0.25, 0.3) is 11.8 Å². The highest BCUT2D eigenvalue weighted by atomic mass is 127. The summed E-state index contributed by atoms with van der Waals surface area (Å²) < 4.78 is 5.62. The molecule has 1 aromatic carbocycles. The molecule has 15 heteroatoms. The van der Waals surface area contributed by atoms with Gasteiger partial charge in [-0.1, -0.05) is 0 Å². The molecule has 0 aromatic heterocycles. The molecule has 0 aliphatic carbocycles. The Labute approximate surface area is 229 Å². The van der Waals surface area contributed by atoms with E-state index in [1.807, 2.05) is 45.2 Å². The second kappa shape index (κ2) is 13.9. The number of carbonyl (C=O) groups is 4. The lowest BCUT2D eigenvalue weighted by Crippen LogP contribution is -2.39. The zero-order valence-electron chi connectivity index (χ0n) is 17.4. The highest BCUT2D eigenvalue weighted by Gasteiger charge is 2.31. The predicted molar refractivity (Wildman–Crippen MR) is 141 cm³/mol. The number of nitrogens with one attached hydrogen (secondary N) is 2. The number of nitrogens with zero attached hydrogens (tertiary/aromatic N) is 1. The first-order chi connectivity index (χ1) is 15.4. The van der Waals surface area contributed by atoms with E-state index in [9.17, 15) is 29.4 Å². The van der Waals surface area contributed by atoms with Gasteiger partial charge in [-0.25, -0.2) is 4.79 Å². The smallest absolute Gasteiger partial charge is 0.334 e. The fourth-order valence-corrected chi connectivity index (χ4v) is 6.83. The van der Waals surface area contributed by atoms with Crippen molar-refractivity contribution in [3.05, 3.63) is 21.8 Å². The fourth-order valence-electron chi connectivity index (χ4n) is 2.44.